The maximum Gasteiger partial charge on any atom is 0.287 e. The molecule has 1 amide bonds. The van der Waals surface area contributed by atoms with Crippen molar-refractivity contribution in [2.45, 2.75) is 43.7 Å². The van der Waals surface area contributed by atoms with E-state index in [-0.39, 0.29) is 22.8 Å². The molecule has 2 atom stereocenters. The van der Waals surface area contributed by atoms with Gasteiger partial charge in [-0.2, -0.15) is 4.31 Å². The molecule has 2 fully saturated rings. The second-order valence-corrected chi connectivity index (χ2v) is 8.35. The zero-order valence-electron chi connectivity index (χ0n) is 13.9. The molecule has 0 radical (unpaired) electrons. The van der Waals surface area contributed by atoms with Crippen molar-refractivity contribution >= 4 is 15.9 Å². The predicted octanol–water partition coefficient (Wildman–Crippen LogP) is 1.61. The van der Waals surface area contributed by atoms with E-state index in [4.69, 9.17) is 9.15 Å². The van der Waals surface area contributed by atoms with Crippen molar-refractivity contribution in [3.05, 3.63) is 17.9 Å². The third-order valence-corrected chi connectivity index (χ3v) is 6.57. The molecule has 8 heteroatoms. The molecule has 7 nitrogen and oxygen atoms in total. The van der Waals surface area contributed by atoms with Crippen LogP contribution in [-0.2, 0) is 14.8 Å². The standard InChI is InChI=1S/C16H24N2O5S/c1-12-4-2-3-5-13(12)17-16(19)14-6-7-15(23-14)24(20,21)18-8-10-22-11-9-18/h6-7,12-13H,2-5,8-11H2,1H3,(H,17,19)/t12-,13+/m0/s1. The average Bonchev–Trinajstić information content (AvgIpc) is 3.09. The number of nitrogens with zero attached hydrogens (tertiary/aromatic N) is 1. The first-order valence-electron chi connectivity index (χ1n) is 8.47. The lowest BCUT2D eigenvalue weighted by atomic mass is 9.86. The molecule has 1 aromatic heterocycles. The third-order valence-electron chi connectivity index (χ3n) is 4.80. The number of ether oxygens (including phenoxy) is 1. The monoisotopic (exact) mass is 356 g/mol. The summed E-state index contributed by atoms with van der Waals surface area (Å²) in [5.41, 5.74) is 0. The van der Waals surface area contributed by atoms with Crippen molar-refractivity contribution in [2.24, 2.45) is 5.92 Å². The van der Waals surface area contributed by atoms with Crippen molar-refractivity contribution in [3.8, 4) is 0 Å². The first-order chi connectivity index (χ1) is 11.5. The molecule has 0 aromatic carbocycles. The summed E-state index contributed by atoms with van der Waals surface area (Å²) in [7, 11) is -3.71. The van der Waals surface area contributed by atoms with Gasteiger partial charge in [-0.25, -0.2) is 8.42 Å². The quantitative estimate of drug-likeness (QED) is 0.885. The molecule has 1 aliphatic carbocycles. The fraction of sp³-hybridized carbons (Fsp3) is 0.688. The highest BCUT2D eigenvalue weighted by Gasteiger charge is 2.31. The van der Waals surface area contributed by atoms with Gasteiger partial charge in [0.15, 0.2) is 5.76 Å². The van der Waals surface area contributed by atoms with Crippen LogP contribution in [0.4, 0.5) is 0 Å². The Kier molecular flexibility index (Phi) is 5.27. The molecule has 134 valence electrons. The van der Waals surface area contributed by atoms with Gasteiger partial charge in [0.05, 0.1) is 13.2 Å². The summed E-state index contributed by atoms with van der Waals surface area (Å²) < 4.78 is 36.9. The normalized spacial score (nSPS) is 26.2. The first-order valence-corrected chi connectivity index (χ1v) is 9.91. The van der Waals surface area contributed by atoms with Gasteiger partial charge in [-0.1, -0.05) is 19.8 Å². The van der Waals surface area contributed by atoms with Crippen LogP contribution < -0.4 is 5.32 Å². The summed E-state index contributed by atoms with van der Waals surface area (Å²) in [5, 5.41) is 2.78. The van der Waals surface area contributed by atoms with Crippen LogP contribution in [0, 0.1) is 5.92 Å². The molecule has 1 saturated carbocycles. The summed E-state index contributed by atoms with van der Waals surface area (Å²) in [6.07, 6.45) is 4.34. The highest BCUT2D eigenvalue weighted by atomic mass is 32.2. The van der Waals surface area contributed by atoms with E-state index in [1.165, 1.54) is 22.9 Å². The van der Waals surface area contributed by atoms with E-state index in [2.05, 4.69) is 12.2 Å². The minimum absolute atomic E-state index is 0.0413. The predicted molar refractivity (Wildman–Crippen MR) is 87.2 cm³/mol. The van der Waals surface area contributed by atoms with E-state index in [1.54, 1.807) is 0 Å². The van der Waals surface area contributed by atoms with Gasteiger partial charge in [0.2, 0.25) is 5.09 Å². The summed E-state index contributed by atoms with van der Waals surface area (Å²) >= 11 is 0. The Morgan fingerprint density at radius 3 is 2.62 bits per heavy atom. The lowest BCUT2D eigenvalue weighted by molar-refractivity contribution is 0.0722. The summed E-state index contributed by atoms with van der Waals surface area (Å²) in [5.74, 6) is 0.117. The number of sulfonamides is 1. The topological polar surface area (TPSA) is 88.9 Å². The van der Waals surface area contributed by atoms with Crippen LogP contribution in [-0.4, -0.2) is 51.0 Å². The summed E-state index contributed by atoms with van der Waals surface area (Å²) in [4.78, 5) is 12.3. The van der Waals surface area contributed by atoms with Crippen molar-refractivity contribution in [3.63, 3.8) is 0 Å². The van der Waals surface area contributed by atoms with Gasteiger partial charge in [0.1, 0.15) is 0 Å². The van der Waals surface area contributed by atoms with E-state index in [0.717, 1.165) is 19.3 Å². The van der Waals surface area contributed by atoms with Gasteiger partial charge in [-0.15, -0.1) is 0 Å². The van der Waals surface area contributed by atoms with Gasteiger partial charge in [-0.3, -0.25) is 4.79 Å². The van der Waals surface area contributed by atoms with E-state index >= 15 is 0 Å². The molecule has 1 N–H and O–H groups in total. The fourth-order valence-corrected chi connectivity index (χ4v) is 4.58. The van der Waals surface area contributed by atoms with Crippen LogP contribution >= 0.6 is 0 Å². The Morgan fingerprint density at radius 2 is 1.92 bits per heavy atom. The molecule has 1 saturated heterocycles. The molecule has 0 bridgehead atoms. The van der Waals surface area contributed by atoms with Gasteiger partial charge in [0, 0.05) is 19.1 Å². The lowest BCUT2D eigenvalue weighted by Gasteiger charge is -2.29. The molecule has 2 aliphatic rings. The van der Waals surface area contributed by atoms with Crippen molar-refractivity contribution in [1.82, 2.24) is 9.62 Å². The number of nitrogens with one attached hydrogen (secondary N) is 1. The van der Waals surface area contributed by atoms with Gasteiger partial charge >= 0.3 is 0 Å². The van der Waals surface area contributed by atoms with E-state index < -0.39 is 10.0 Å². The number of carbonyl (C=O) groups is 1. The lowest BCUT2D eigenvalue weighted by Crippen LogP contribution is -2.41. The molecule has 2 heterocycles. The zero-order valence-corrected chi connectivity index (χ0v) is 14.7. The maximum atomic E-state index is 12.5. The number of hydrogen-bond acceptors (Lipinski definition) is 5. The minimum atomic E-state index is -3.71. The van der Waals surface area contributed by atoms with Crippen LogP contribution in [0.3, 0.4) is 0 Å². The second-order valence-electron chi connectivity index (χ2n) is 6.48. The van der Waals surface area contributed by atoms with Crippen molar-refractivity contribution in [2.75, 3.05) is 26.3 Å². The van der Waals surface area contributed by atoms with Gasteiger partial charge in [-0.05, 0) is 30.9 Å². The van der Waals surface area contributed by atoms with E-state index in [0.29, 0.717) is 32.2 Å². The van der Waals surface area contributed by atoms with Crippen molar-refractivity contribution < 1.29 is 22.4 Å². The Hall–Kier alpha value is -1.38. The Bertz CT molecular complexity index is 678. The largest absolute Gasteiger partial charge is 0.438 e. The smallest absolute Gasteiger partial charge is 0.287 e. The average molecular weight is 356 g/mol. The Balaban J connectivity index is 1.69. The Labute approximate surface area is 142 Å². The van der Waals surface area contributed by atoms with Gasteiger partial charge in [0.25, 0.3) is 15.9 Å². The van der Waals surface area contributed by atoms with Crippen LogP contribution in [0.25, 0.3) is 0 Å². The van der Waals surface area contributed by atoms with E-state index in [1.807, 2.05) is 0 Å². The van der Waals surface area contributed by atoms with E-state index in [9.17, 15) is 13.2 Å². The zero-order chi connectivity index (χ0) is 17.2. The molecule has 0 spiro atoms. The van der Waals surface area contributed by atoms with Crippen LogP contribution in [0.1, 0.15) is 43.2 Å². The molecule has 0 unspecified atom stereocenters. The highest BCUT2D eigenvalue weighted by molar-refractivity contribution is 7.89. The number of rotatable bonds is 4. The van der Waals surface area contributed by atoms with Gasteiger partial charge < -0.3 is 14.5 Å². The summed E-state index contributed by atoms with van der Waals surface area (Å²) in [6, 6.07) is 2.90. The highest BCUT2D eigenvalue weighted by Crippen LogP contribution is 2.25. The molecule has 1 aromatic rings. The van der Waals surface area contributed by atoms with Crippen LogP contribution in [0.5, 0.6) is 0 Å². The number of amides is 1. The third kappa shape index (κ3) is 3.65. The first kappa shape index (κ1) is 17.4. The molecular formula is C16H24N2O5S. The molecule has 3 rings (SSSR count). The molecular weight excluding hydrogens is 332 g/mol. The van der Waals surface area contributed by atoms with Crippen LogP contribution in [0.15, 0.2) is 21.6 Å². The molecule has 1 aliphatic heterocycles. The SMILES string of the molecule is C[C@H]1CCCC[C@H]1NC(=O)c1ccc(S(=O)(=O)N2CCOCC2)o1. The second kappa shape index (κ2) is 7.25. The fourth-order valence-electron chi connectivity index (χ4n) is 3.27. The molecule has 24 heavy (non-hydrogen) atoms. The van der Waals surface area contributed by atoms with Crippen molar-refractivity contribution in [1.29, 1.82) is 0 Å². The number of carbonyl (C=O) groups excluding carboxylic acids is 1. The minimum Gasteiger partial charge on any atom is -0.438 e. The summed E-state index contributed by atoms with van der Waals surface area (Å²) in [6.45, 7) is 3.45. The van der Waals surface area contributed by atoms with Crippen LogP contribution in [0.2, 0.25) is 0 Å². The number of morpholine rings is 1. The number of furan rings is 1. The maximum absolute atomic E-state index is 12.5. The Morgan fingerprint density at radius 1 is 1.21 bits per heavy atom. The number of hydrogen-bond donors (Lipinski definition) is 1.